The fourth-order valence-corrected chi connectivity index (χ4v) is 2.32. The predicted octanol–water partition coefficient (Wildman–Crippen LogP) is 2.94. The fourth-order valence-electron chi connectivity index (χ4n) is 2.32. The second-order valence-corrected chi connectivity index (χ2v) is 5.08. The quantitative estimate of drug-likeness (QED) is 0.621. The van der Waals surface area contributed by atoms with Crippen LogP contribution < -0.4 is 24.7 Å². The van der Waals surface area contributed by atoms with Crippen LogP contribution in [0.3, 0.4) is 0 Å². The molecule has 0 spiro atoms. The molecule has 2 aromatic carbocycles. The Morgan fingerprint density at radius 3 is 2.08 bits per heavy atom. The molecule has 0 aliphatic rings. The van der Waals surface area contributed by atoms with E-state index in [1.807, 2.05) is 0 Å². The maximum absolute atomic E-state index is 12.7. The van der Waals surface area contributed by atoms with E-state index in [4.69, 9.17) is 24.7 Å². The summed E-state index contributed by atoms with van der Waals surface area (Å²) in [5.74, 6) is 1.49. The zero-order valence-electron chi connectivity index (χ0n) is 14.2. The molecular formula is C18H21NO5. The molecule has 6 heteroatoms. The third-order valence-corrected chi connectivity index (χ3v) is 3.53. The number of hydrogen-bond donors (Lipinski definition) is 1. The number of hydrogen-bond acceptors (Lipinski definition) is 6. The summed E-state index contributed by atoms with van der Waals surface area (Å²) in [6.07, 6.45) is -0.708. The zero-order valence-corrected chi connectivity index (χ0v) is 14.2. The number of ketones is 1. The third kappa shape index (κ3) is 3.53. The summed E-state index contributed by atoms with van der Waals surface area (Å²) in [6.45, 7) is 1.68. The van der Waals surface area contributed by atoms with E-state index in [-0.39, 0.29) is 5.78 Å². The smallest absolute Gasteiger partial charge is 0.206 e. The highest BCUT2D eigenvalue weighted by atomic mass is 16.5. The van der Waals surface area contributed by atoms with Crippen molar-refractivity contribution in [2.75, 3.05) is 27.1 Å². The molecule has 1 atom stereocenters. The van der Waals surface area contributed by atoms with E-state index in [2.05, 4.69) is 0 Å². The van der Waals surface area contributed by atoms with Crippen LogP contribution in [0.1, 0.15) is 17.3 Å². The Morgan fingerprint density at radius 1 is 0.917 bits per heavy atom. The molecule has 24 heavy (non-hydrogen) atoms. The Labute approximate surface area is 141 Å². The largest absolute Gasteiger partial charge is 0.493 e. The summed E-state index contributed by atoms with van der Waals surface area (Å²) in [6, 6.07) is 10.1. The molecule has 0 bridgehead atoms. The number of anilines is 1. The van der Waals surface area contributed by atoms with Gasteiger partial charge in [-0.05, 0) is 43.3 Å². The van der Waals surface area contributed by atoms with Crippen molar-refractivity contribution in [1.82, 2.24) is 0 Å². The van der Waals surface area contributed by atoms with Crippen molar-refractivity contribution in [3.8, 4) is 23.0 Å². The SMILES string of the molecule is COc1ccc(C(=O)C(C)Oc2ccc(N)cc2)c(OC)c1OC. The van der Waals surface area contributed by atoms with Crippen molar-refractivity contribution in [3.63, 3.8) is 0 Å². The Kier molecular flexibility index (Phi) is 5.52. The van der Waals surface area contributed by atoms with E-state index in [0.29, 0.717) is 34.2 Å². The number of methoxy groups -OCH3 is 3. The van der Waals surface area contributed by atoms with Gasteiger partial charge in [-0.3, -0.25) is 4.79 Å². The predicted molar refractivity (Wildman–Crippen MR) is 91.4 cm³/mol. The highest BCUT2D eigenvalue weighted by Crippen LogP contribution is 2.40. The first-order valence-electron chi connectivity index (χ1n) is 7.37. The number of nitrogens with two attached hydrogens (primary N) is 1. The van der Waals surface area contributed by atoms with Crippen LogP contribution in [0.25, 0.3) is 0 Å². The normalized spacial score (nSPS) is 11.5. The molecule has 2 aromatic rings. The van der Waals surface area contributed by atoms with Gasteiger partial charge in [0, 0.05) is 5.69 Å². The van der Waals surface area contributed by atoms with Crippen molar-refractivity contribution in [3.05, 3.63) is 42.0 Å². The lowest BCUT2D eigenvalue weighted by atomic mass is 10.0. The van der Waals surface area contributed by atoms with Crippen LogP contribution in [0.5, 0.6) is 23.0 Å². The van der Waals surface area contributed by atoms with E-state index in [9.17, 15) is 4.79 Å². The summed E-state index contributed by atoms with van der Waals surface area (Å²) in [5.41, 5.74) is 6.63. The van der Waals surface area contributed by atoms with Crippen LogP contribution in [0.4, 0.5) is 5.69 Å². The minimum absolute atomic E-state index is 0.232. The molecule has 0 heterocycles. The van der Waals surface area contributed by atoms with Crippen LogP contribution in [-0.4, -0.2) is 33.2 Å². The number of carbonyl (C=O) groups is 1. The standard InChI is InChI=1S/C18H21NO5/c1-11(24-13-7-5-12(19)6-8-13)16(20)14-9-10-15(21-2)18(23-4)17(14)22-3/h5-11H,19H2,1-4H3. The lowest BCUT2D eigenvalue weighted by molar-refractivity contribution is 0.0814. The monoisotopic (exact) mass is 331 g/mol. The summed E-state index contributed by atoms with van der Waals surface area (Å²) in [7, 11) is 4.48. The van der Waals surface area contributed by atoms with Gasteiger partial charge in [0.1, 0.15) is 5.75 Å². The zero-order chi connectivity index (χ0) is 17.7. The molecule has 2 N–H and O–H groups in total. The Bertz CT molecular complexity index is 712. The van der Waals surface area contributed by atoms with E-state index in [0.717, 1.165) is 0 Å². The number of ether oxygens (including phenoxy) is 4. The number of benzene rings is 2. The first-order valence-corrected chi connectivity index (χ1v) is 7.37. The molecule has 1 unspecified atom stereocenters. The second-order valence-electron chi connectivity index (χ2n) is 5.08. The molecule has 0 aromatic heterocycles. The molecule has 0 saturated carbocycles. The maximum atomic E-state index is 12.7. The lowest BCUT2D eigenvalue weighted by Gasteiger charge is -2.18. The first kappa shape index (κ1) is 17.5. The number of nitrogen functional groups attached to an aromatic ring is 1. The van der Waals surface area contributed by atoms with Crippen LogP contribution >= 0.6 is 0 Å². The van der Waals surface area contributed by atoms with Gasteiger partial charge >= 0.3 is 0 Å². The fraction of sp³-hybridized carbons (Fsp3) is 0.278. The topological polar surface area (TPSA) is 80.0 Å². The summed E-state index contributed by atoms with van der Waals surface area (Å²) in [5, 5.41) is 0. The Balaban J connectivity index is 2.29. The Hall–Kier alpha value is -2.89. The van der Waals surface area contributed by atoms with Gasteiger partial charge in [0.25, 0.3) is 0 Å². The van der Waals surface area contributed by atoms with E-state index in [1.165, 1.54) is 21.3 Å². The van der Waals surface area contributed by atoms with Crippen molar-refractivity contribution in [2.45, 2.75) is 13.0 Å². The highest BCUT2D eigenvalue weighted by molar-refractivity contribution is 6.02. The van der Waals surface area contributed by atoms with E-state index in [1.54, 1.807) is 43.3 Å². The van der Waals surface area contributed by atoms with Gasteiger partial charge in [-0.2, -0.15) is 0 Å². The molecule has 0 fully saturated rings. The molecule has 2 rings (SSSR count). The van der Waals surface area contributed by atoms with Crippen LogP contribution in [-0.2, 0) is 0 Å². The summed E-state index contributed by atoms with van der Waals surface area (Å²) < 4.78 is 21.6. The molecule has 6 nitrogen and oxygen atoms in total. The molecule has 0 aliphatic carbocycles. The first-order chi connectivity index (χ1) is 11.5. The molecule has 128 valence electrons. The van der Waals surface area contributed by atoms with Crippen molar-refractivity contribution < 1.29 is 23.7 Å². The van der Waals surface area contributed by atoms with Gasteiger partial charge in [-0.25, -0.2) is 0 Å². The lowest BCUT2D eigenvalue weighted by Crippen LogP contribution is -2.24. The van der Waals surface area contributed by atoms with Gasteiger partial charge in [0.15, 0.2) is 17.6 Å². The van der Waals surface area contributed by atoms with Crippen LogP contribution in [0.2, 0.25) is 0 Å². The highest BCUT2D eigenvalue weighted by Gasteiger charge is 2.25. The Morgan fingerprint density at radius 2 is 1.54 bits per heavy atom. The average Bonchev–Trinajstić information content (AvgIpc) is 2.61. The van der Waals surface area contributed by atoms with Crippen molar-refractivity contribution in [2.24, 2.45) is 0 Å². The summed E-state index contributed by atoms with van der Waals surface area (Å²) in [4.78, 5) is 12.7. The van der Waals surface area contributed by atoms with Gasteiger partial charge < -0.3 is 24.7 Å². The number of carbonyl (C=O) groups excluding carboxylic acids is 1. The van der Waals surface area contributed by atoms with Crippen molar-refractivity contribution >= 4 is 11.5 Å². The van der Waals surface area contributed by atoms with Crippen LogP contribution in [0.15, 0.2) is 36.4 Å². The second kappa shape index (κ2) is 7.59. The maximum Gasteiger partial charge on any atom is 0.206 e. The van der Waals surface area contributed by atoms with Gasteiger partial charge in [-0.15, -0.1) is 0 Å². The number of rotatable bonds is 7. The van der Waals surface area contributed by atoms with Crippen molar-refractivity contribution in [1.29, 1.82) is 0 Å². The van der Waals surface area contributed by atoms with Gasteiger partial charge in [-0.1, -0.05) is 0 Å². The average molecular weight is 331 g/mol. The number of Topliss-reactive ketones (excluding diaryl/α,β-unsaturated/α-hetero) is 1. The van der Waals surface area contributed by atoms with Crippen LogP contribution in [0, 0.1) is 0 Å². The molecule has 0 saturated heterocycles. The van der Waals surface area contributed by atoms with Gasteiger partial charge in [0.05, 0.1) is 26.9 Å². The molecule has 0 amide bonds. The van der Waals surface area contributed by atoms with E-state index < -0.39 is 6.10 Å². The third-order valence-electron chi connectivity index (χ3n) is 3.53. The minimum atomic E-state index is -0.708. The molecular weight excluding hydrogens is 310 g/mol. The van der Waals surface area contributed by atoms with E-state index >= 15 is 0 Å². The molecule has 0 radical (unpaired) electrons. The van der Waals surface area contributed by atoms with Gasteiger partial charge in [0.2, 0.25) is 11.5 Å². The minimum Gasteiger partial charge on any atom is -0.493 e. The summed E-state index contributed by atoms with van der Waals surface area (Å²) >= 11 is 0. The molecule has 0 aliphatic heterocycles.